The van der Waals surface area contributed by atoms with Crippen LogP contribution < -0.4 is 0 Å². The minimum absolute atomic E-state index is 0.552. The summed E-state index contributed by atoms with van der Waals surface area (Å²) in [6, 6.07) is 0. The summed E-state index contributed by atoms with van der Waals surface area (Å²) in [6.07, 6.45) is 5.55. The fourth-order valence-electron chi connectivity index (χ4n) is 1.62. The van der Waals surface area contributed by atoms with Crippen LogP contribution >= 0.6 is 15.9 Å². The molecule has 1 heterocycles. The van der Waals surface area contributed by atoms with Crippen molar-refractivity contribution in [2.45, 2.75) is 38.7 Å². The highest BCUT2D eigenvalue weighted by Gasteiger charge is 2.20. The lowest BCUT2D eigenvalue weighted by Gasteiger charge is -2.28. The summed E-state index contributed by atoms with van der Waals surface area (Å²) in [7, 11) is 0. The fraction of sp³-hybridized carbons (Fsp3) is 1.00. The smallest absolute Gasteiger partial charge is 0.0578 e. The van der Waals surface area contributed by atoms with E-state index in [1.165, 1.54) is 25.7 Å². The second-order valence-electron chi connectivity index (χ2n) is 3.33. The molecule has 0 radical (unpaired) electrons. The maximum Gasteiger partial charge on any atom is 0.0578 e. The Bertz CT molecular complexity index is 104. The van der Waals surface area contributed by atoms with Gasteiger partial charge in [0.2, 0.25) is 0 Å². The molecule has 1 saturated heterocycles. The van der Waals surface area contributed by atoms with Gasteiger partial charge in [-0.3, -0.25) is 0 Å². The third kappa shape index (κ3) is 3.12. The van der Waals surface area contributed by atoms with Crippen LogP contribution in [0.5, 0.6) is 0 Å². The van der Waals surface area contributed by atoms with Crippen molar-refractivity contribution in [1.29, 1.82) is 0 Å². The molecule has 0 bridgehead atoms. The second-order valence-corrected chi connectivity index (χ2v) is 3.97. The van der Waals surface area contributed by atoms with Gasteiger partial charge in [-0.05, 0) is 25.2 Å². The maximum absolute atomic E-state index is 5.63. The summed E-state index contributed by atoms with van der Waals surface area (Å²) in [5.74, 6) is 0.861. The Morgan fingerprint density at radius 3 is 3.00 bits per heavy atom. The first kappa shape index (κ1) is 9.53. The van der Waals surface area contributed by atoms with Crippen LogP contribution in [0.3, 0.4) is 0 Å². The number of alkyl halides is 1. The van der Waals surface area contributed by atoms with Crippen LogP contribution in [0.25, 0.3) is 0 Å². The molecule has 0 spiro atoms. The first-order valence-electron chi connectivity index (χ1n) is 4.54. The van der Waals surface area contributed by atoms with E-state index in [2.05, 4.69) is 22.9 Å². The van der Waals surface area contributed by atoms with Crippen LogP contribution in [0.4, 0.5) is 0 Å². The lowest BCUT2D eigenvalue weighted by Crippen LogP contribution is -2.26. The molecule has 0 amide bonds. The number of hydrogen-bond acceptors (Lipinski definition) is 1. The zero-order valence-corrected chi connectivity index (χ0v) is 8.77. The fourth-order valence-corrected chi connectivity index (χ4v) is 2.21. The first-order valence-corrected chi connectivity index (χ1v) is 5.66. The molecule has 0 aliphatic carbocycles. The molecular formula is C9H17BrO. The number of hydrogen-bond donors (Lipinski definition) is 0. The minimum atomic E-state index is 0.552. The Balaban J connectivity index is 2.21. The van der Waals surface area contributed by atoms with Gasteiger partial charge in [0.05, 0.1) is 6.10 Å². The highest BCUT2D eigenvalue weighted by atomic mass is 79.9. The van der Waals surface area contributed by atoms with Crippen molar-refractivity contribution in [3.05, 3.63) is 0 Å². The molecule has 1 aliphatic heterocycles. The van der Waals surface area contributed by atoms with Gasteiger partial charge in [-0.25, -0.2) is 0 Å². The van der Waals surface area contributed by atoms with E-state index in [1.54, 1.807) is 0 Å². The molecule has 0 aromatic carbocycles. The lowest BCUT2D eigenvalue weighted by atomic mass is 9.95. The largest absolute Gasteiger partial charge is 0.378 e. The minimum Gasteiger partial charge on any atom is -0.378 e. The van der Waals surface area contributed by atoms with Gasteiger partial charge in [-0.1, -0.05) is 29.3 Å². The molecule has 1 fully saturated rings. The van der Waals surface area contributed by atoms with Crippen LogP contribution in [-0.4, -0.2) is 18.0 Å². The van der Waals surface area contributed by atoms with Gasteiger partial charge in [0.1, 0.15) is 0 Å². The summed E-state index contributed by atoms with van der Waals surface area (Å²) in [4.78, 5) is 0. The van der Waals surface area contributed by atoms with Crippen molar-refractivity contribution in [2.24, 2.45) is 5.92 Å². The van der Waals surface area contributed by atoms with Crippen molar-refractivity contribution in [2.75, 3.05) is 11.9 Å². The Morgan fingerprint density at radius 2 is 2.36 bits per heavy atom. The standard InChI is InChI=1S/C9H17BrO/c1-2-3-9-6-8(7-10)4-5-11-9/h8-9H,2-7H2,1H3. The molecular weight excluding hydrogens is 204 g/mol. The van der Waals surface area contributed by atoms with Crippen LogP contribution in [-0.2, 0) is 4.74 Å². The van der Waals surface area contributed by atoms with E-state index in [4.69, 9.17) is 4.74 Å². The molecule has 11 heavy (non-hydrogen) atoms. The van der Waals surface area contributed by atoms with E-state index in [-0.39, 0.29) is 0 Å². The molecule has 1 rings (SSSR count). The van der Waals surface area contributed by atoms with Crippen molar-refractivity contribution in [3.8, 4) is 0 Å². The Labute approximate surface area is 77.6 Å². The van der Waals surface area contributed by atoms with E-state index in [9.17, 15) is 0 Å². The van der Waals surface area contributed by atoms with Gasteiger partial charge in [0, 0.05) is 11.9 Å². The highest BCUT2D eigenvalue weighted by molar-refractivity contribution is 9.09. The molecule has 2 heteroatoms. The van der Waals surface area contributed by atoms with Gasteiger partial charge in [-0.15, -0.1) is 0 Å². The van der Waals surface area contributed by atoms with Crippen molar-refractivity contribution in [3.63, 3.8) is 0 Å². The molecule has 0 aromatic heterocycles. The predicted octanol–water partition coefficient (Wildman–Crippen LogP) is 2.98. The van der Waals surface area contributed by atoms with E-state index < -0.39 is 0 Å². The van der Waals surface area contributed by atoms with Crippen molar-refractivity contribution >= 4 is 15.9 Å². The quantitative estimate of drug-likeness (QED) is 0.665. The monoisotopic (exact) mass is 220 g/mol. The van der Waals surface area contributed by atoms with Crippen LogP contribution in [0.15, 0.2) is 0 Å². The summed E-state index contributed by atoms with van der Waals surface area (Å²) in [6.45, 7) is 3.20. The summed E-state index contributed by atoms with van der Waals surface area (Å²) in [5, 5.41) is 1.15. The molecule has 2 atom stereocenters. The summed E-state index contributed by atoms with van der Waals surface area (Å²) < 4.78 is 5.63. The molecule has 0 aromatic rings. The number of ether oxygens (including phenoxy) is 1. The topological polar surface area (TPSA) is 9.23 Å². The Kier molecular flexibility index (Phi) is 4.46. The maximum atomic E-state index is 5.63. The molecule has 0 N–H and O–H groups in total. The van der Waals surface area contributed by atoms with Crippen LogP contribution in [0.2, 0.25) is 0 Å². The van der Waals surface area contributed by atoms with E-state index >= 15 is 0 Å². The van der Waals surface area contributed by atoms with Gasteiger partial charge in [0.25, 0.3) is 0 Å². The van der Waals surface area contributed by atoms with Crippen molar-refractivity contribution in [1.82, 2.24) is 0 Å². The van der Waals surface area contributed by atoms with Crippen molar-refractivity contribution < 1.29 is 4.74 Å². The first-order chi connectivity index (χ1) is 5.36. The average molecular weight is 221 g/mol. The summed E-state index contributed by atoms with van der Waals surface area (Å²) in [5.41, 5.74) is 0. The van der Waals surface area contributed by atoms with E-state index in [0.717, 1.165) is 17.9 Å². The SMILES string of the molecule is CCCC1CC(CBr)CCO1. The zero-order chi connectivity index (χ0) is 8.10. The zero-order valence-electron chi connectivity index (χ0n) is 7.18. The van der Waals surface area contributed by atoms with Gasteiger partial charge in [0.15, 0.2) is 0 Å². The molecule has 1 aliphatic rings. The van der Waals surface area contributed by atoms with Crippen LogP contribution in [0, 0.1) is 5.92 Å². The summed E-state index contributed by atoms with van der Waals surface area (Å²) >= 11 is 3.53. The highest BCUT2D eigenvalue weighted by Crippen LogP contribution is 2.24. The lowest BCUT2D eigenvalue weighted by molar-refractivity contribution is -0.00834. The molecule has 0 saturated carbocycles. The Hall–Kier alpha value is 0.440. The normalized spacial score (nSPS) is 32.2. The van der Waals surface area contributed by atoms with Gasteiger partial charge >= 0.3 is 0 Å². The third-order valence-corrected chi connectivity index (χ3v) is 3.22. The molecule has 1 nitrogen and oxygen atoms in total. The number of halogens is 1. The third-order valence-electron chi connectivity index (χ3n) is 2.30. The Morgan fingerprint density at radius 1 is 1.55 bits per heavy atom. The van der Waals surface area contributed by atoms with Crippen LogP contribution in [0.1, 0.15) is 32.6 Å². The molecule has 2 unspecified atom stereocenters. The van der Waals surface area contributed by atoms with E-state index in [0.29, 0.717) is 6.10 Å². The predicted molar refractivity (Wildman–Crippen MR) is 51.2 cm³/mol. The van der Waals surface area contributed by atoms with Gasteiger partial charge in [-0.2, -0.15) is 0 Å². The average Bonchev–Trinajstić information content (AvgIpc) is 2.06. The number of rotatable bonds is 3. The molecule has 66 valence electrons. The van der Waals surface area contributed by atoms with Gasteiger partial charge < -0.3 is 4.74 Å². The van der Waals surface area contributed by atoms with E-state index in [1.807, 2.05) is 0 Å². The second kappa shape index (κ2) is 5.15.